The monoisotopic (exact) mass is 220 g/mol. The van der Waals surface area contributed by atoms with E-state index in [0.29, 0.717) is 17.5 Å². The Hall–Kier alpha value is -1.38. The van der Waals surface area contributed by atoms with Crippen LogP contribution < -0.4 is 0 Å². The molecule has 0 aliphatic rings. The van der Waals surface area contributed by atoms with Crippen molar-refractivity contribution in [2.24, 2.45) is 0 Å². The third-order valence-corrected chi connectivity index (χ3v) is 2.75. The summed E-state index contributed by atoms with van der Waals surface area (Å²) in [7, 11) is 0. The first kappa shape index (κ1) is 11.1. The van der Waals surface area contributed by atoms with Gasteiger partial charge in [-0.2, -0.15) is 0 Å². The molecule has 0 unspecified atom stereocenters. The Kier molecular flexibility index (Phi) is 2.70. The van der Waals surface area contributed by atoms with Crippen LogP contribution >= 0.6 is 0 Å². The van der Waals surface area contributed by atoms with E-state index in [-0.39, 0.29) is 5.82 Å². The molecule has 0 aliphatic heterocycles. The van der Waals surface area contributed by atoms with Crippen LogP contribution in [0.15, 0.2) is 18.3 Å². The van der Waals surface area contributed by atoms with Crippen LogP contribution in [0.2, 0.25) is 0 Å². The quantitative estimate of drug-likeness (QED) is 0.754. The lowest BCUT2D eigenvalue weighted by molar-refractivity contribution is 0.625. The van der Waals surface area contributed by atoms with Gasteiger partial charge >= 0.3 is 0 Å². The molecule has 0 N–H and O–H groups in total. The molecule has 0 saturated heterocycles. The minimum atomic E-state index is -0.233. The first-order valence-electron chi connectivity index (χ1n) is 5.68. The van der Waals surface area contributed by atoms with Crippen molar-refractivity contribution >= 4 is 5.65 Å². The van der Waals surface area contributed by atoms with Gasteiger partial charge in [0.1, 0.15) is 11.5 Å². The molecule has 86 valence electrons. The lowest BCUT2D eigenvalue weighted by Gasteiger charge is -2.10. The number of halogens is 1. The highest BCUT2D eigenvalue weighted by Gasteiger charge is 2.17. The van der Waals surface area contributed by atoms with Crippen LogP contribution in [0.5, 0.6) is 0 Å². The number of pyridine rings is 1. The number of imidazole rings is 1. The van der Waals surface area contributed by atoms with Crippen molar-refractivity contribution in [1.82, 2.24) is 9.38 Å². The molecule has 0 spiro atoms. The molecule has 0 aromatic carbocycles. The molecule has 2 rings (SSSR count). The van der Waals surface area contributed by atoms with Crippen molar-refractivity contribution in [3.05, 3.63) is 35.5 Å². The lowest BCUT2D eigenvalue weighted by Crippen LogP contribution is -2.00. The van der Waals surface area contributed by atoms with Gasteiger partial charge in [-0.1, -0.05) is 27.7 Å². The molecule has 16 heavy (non-hydrogen) atoms. The molecular weight excluding hydrogens is 203 g/mol. The van der Waals surface area contributed by atoms with E-state index in [9.17, 15) is 4.39 Å². The molecule has 0 bridgehead atoms. The van der Waals surface area contributed by atoms with E-state index >= 15 is 0 Å². The van der Waals surface area contributed by atoms with Gasteiger partial charge in [-0.15, -0.1) is 0 Å². The maximum Gasteiger partial charge on any atom is 0.140 e. The summed E-state index contributed by atoms with van der Waals surface area (Å²) in [6.07, 6.45) is 1.76. The summed E-state index contributed by atoms with van der Waals surface area (Å²) >= 11 is 0. The standard InChI is InChI=1S/C13H17FN2/c1-8(2)12-13(9(3)4)16-6-5-10(14)7-11(16)15-12/h5-9H,1-4H3. The van der Waals surface area contributed by atoms with Crippen LogP contribution in [-0.2, 0) is 0 Å². The number of fused-ring (bicyclic) bond motifs is 1. The summed E-state index contributed by atoms with van der Waals surface area (Å²) in [5, 5.41) is 0. The second-order valence-corrected chi connectivity index (χ2v) is 4.76. The minimum absolute atomic E-state index is 0.233. The summed E-state index contributed by atoms with van der Waals surface area (Å²) in [6.45, 7) is 8.51. The van der Waals surface area contributed by atoms with Crippen LogP contribution in [0, 0.1) is 5.82 Å². The highest BCUT2D eigenvalue weighted by Crippen LogP contribution is 2.26. The molecule has 0 aliphatic carbocycles. The van der Waals surface area contributed by atoms with E-state index < -0.39 is 0 Å². The van der Waals surface area contributed by atoms with Crippen molar-refractivity contribution in [2.45, 2.75) is 39.5 Å². The Morgan fingerprint density at radius 3 is 2.44 bits per heavy atom. The van der Waals surface area contributed by atoms with Crippen LogP contribution in [-0.4, -0.2) is 9.38 Å². The molecule has 2 aromatic rings. The number of hydrogen-bond donors (Lipinski definition) is 0. The van der Waals surface area contributed by atoms with Gasteiger partial charge in [-0.05, 0) is 17.9 Å². The second-order valence-electron chi connectivity index (χ2n) is 4.76. The number of hydrogen-bond acceptors (Lipinski definition) is 1. The zero-order chi connectivity index (χ0) is 11.9. The predicted octanol–water partition coefficient (Wildman–Crippen LogP) is 3.72. The Bertz CT molecular complexity index is 512. The zero-order valence-electron chi connectivity index (χ0n) is 10.2. The molecule has 2 heterocycles. The number of aromatic nitrogens is 2. The van der Waals surface area contributed by atoms with Gasteiger partial charge in [-0.25, -0.2) is 9.37 Å². The SMILES string of the molecule is CC(C)c1nc2cc(F)ccn2c1C(C)C. The van der Waals surface area contributed by atoms with Crippen molar-refractivity contribution in [3.8, 4) is 0 Å². The number of nitrogens with zero attached hydrogens (tertiary/aromatic N) is 2. The topological polar surface area (TPSA) is 17.3 Å². The Morgan fingerprint density at radius 2 is 1.88 bits per heavy atom. The van der Waals surface area contributed by atoms with Crippen molar-refractivity contribution in [2.75, 3.05) is 0 Å². The van der Waals surface area contributed by atoms with Gasteiger partial charge in [0.15, 0.2) is 0 Å². The summed E-state index contributed by atoms with van der Waals surface area (Å²) in [6, 6.07) is 2.96. The van der Waals surface area contributed by atoms with Gasteiger partial charge in [0.25, 0.3) is 0 Å². The average Bonchev–Trinajstić information content (AvgIpc) is 2.55. The molecule has 0 fully saturated rings. The van der Waals surface area contributed by atoms with Crippen LogP contribution in [0.4, 0.5) is 4.39 Å². The first-order valence-corrected chi connectivity index (χ1v) is 5.68. The van der Waals surface area contributed by atoms with E-state index in [1.807, 2.05) is 4.40 Å². The molecular formula is C13H17FN2. The fourth-order valence-electron chi connectivity index (χ4n) is 2.06. The molecule has 0 atom stereocenters. The fraction of sp³-hybridized carbons (Fsp3) is 0.462. The van der Waals surface area contributed by atoms with Gasteiger partial charge in [0, 0.05) is 18.0 Å². The van der Waals surface area contributed by atoms with Gasteiger partial charge in [0.2, 0.25) is 0 Å². The van der Waals surface area contributed by atoms with E-state index in [4.69, 9.17) is 0 Å². The highest BCUT2D eigenvalue weighted by atomic mass is 19.1. The molecule has 3 heteroatoms. The average molecular weight is 220 g/mol. The molecule has 0 amide bonds. The molecule has 2 nitrogen and oxygen atoms in total. The van der Waals surface area contributed by atoms with Crippen molar-refractivity contribution in [1.29, 1.82) is 0 Å². The van der Waals surface area contributed by atoms with E-state index in [2.05, 4.69) is 32.7 Å². The van der Waals surface area contributed by atoms with Gasteiger partial charge in [0.05, 0.1) is 5.69 Å². The Balaban J connectivity index is 2.75. The predicted molar refractivity (Wildman–Crippen MR) is 63.3 cm³/mol. The minimum Gasteiger partial charge on any atom is -0.303 e. The van der Waals surface area contributed by atoms with Crippen molar-refractivity contribution in [3.63, 3.8) is 0 Å². The molecule has 2 aromatic heterocycles. The largest absolute Gasteiger partial charge is 0.303 e. The zero-order valence-corrected chi connectivity index (χ0v) is 10.2. The second kappa shape index (κ2) is 3.89. The third-order valence-electron chi connectivity index (χ3n) is 2.75. The molecule has 0 saturated carbocycles. The van der Waals surface area contributed by atoms with Crippen LogP contribution in [0.3, 0.4) is 0 Å². The summed E-state index contributed by atoms with van der Waals surface area (Å²) in [4.78, 5) is 4.52. The van der Waals surface area contributed by atoms with E-state index in [1.54, 1.807) is 6.20 Å². The highest BCUT2D eigenvalue weighted by molar-refractivity contribution is 5.45. The Morgan fingerprint density at radius 1 is 1.19 bits per heavy atom. The molecule has 0 radical (unpaired) electrons. The first-order chi connectivity index (χ1) is 7.50. The normalized spacial score (nSPS) is 11.9. The van der Waals surface area contributed by atoms with Gasteiger partial charge < -0.3 is 4.40 Å². The smallest absolute Gasteiger partial charge is 0.140 e. The van der Waals surface area contributed by atoms with Crippen LogP contribution in [0.1, 0.15) is 50.9 Å². The van der Waals surface area contributed by atoms with E-state index in [1.165, 1.54) is 17.8 Å². The van der Waals surface area contributed by atoms with Crippen LogP contribution in [0.25, 0.3) is 5.65 Å². The van der Waals surface area contributed by atoms with Crippen molar-refractivity contribution < 1.29 is 4.39 Å². The summed E-state index contributed by atoms with van der Waals surface area (Å²) < 4.78 is 15.1. The van der Waals surface area contributed by atoms with Gasteiger partial charge in [-0.3, -0.25) is 0 Å². The summed E-state index contributed by atoms with van der Waals surface area (Å²) in [5.74, 6) is 0.515. The third kappa shape index (κ3) is 1.70. The summed E-state index contributed by atoms with van der Waals surface area (Å²) in [5.41, 5.74) is 2.96. The number of rotatable bonds is 2. The Labute approximate surface area is 95.1 Å². The maximum atomic E-state index is 13.1. The van der Waals surface area contributed by atoms with E-state index in [0.717, 1.165) is 5.69 Å². The fourth-order valence-corrected chi connectivity index (χ4v) is 2.06. The maximum absolute atomic E-state index is 13.1. The lowest BCUT2D eigenvalue weighted by atomic mass is 10.0.